The molecule has 1 N–H and O–H groups in total. The van der Waals surface area contributed by atoms with Gasteiger partial charge in [0.15, 0.2) is 0 Å². The second-order valence-corrected chi connectivity index (χ2v) is 7.16. The predicted molar refractivity (Wildman–Crippen MR) is 91.6 cm³/mol. The zero-order valence-corrected chi connectivity index (χ0v) is 14.6. The molecule has 24 heavy (non-hydrogen) atoms. The Labute approximate surface area is 145 Å². The standard InChI is InChI=1S/C16H20ClN5O2/c1-16(2,3)24-15(23)21-7-12(8-21)20-13-6-11(17)4-5-14(13)22-10-18-9-19-22/h4-6,9-10,12,20H,7-8H2,1-3H3. The number of nitrogens with zero attached hydrogens (tertiary/aromatic N) is 4. The number of aromatic nitrogens is 3. The number of halogens is 1. The van der Waals surface area contributed by atoms with Crippen LogP contribution in [0.2, 0.25) is 5.02 Å². The molecular weight excluding hydrogens is 330 g/mol. The Morgan fingerprint density at radius 1 is 1.38 bits per heavy atom. The lowest BCUT2D eigenvalue weighted by atomic mass is 10.1. The molecule has 0 bridgehead atoms. The van der Waals surface area contributed by atoms with E-state index in [9.17, 15) is 4.79 Å². The molecule has 0 spiro atoms. The van der Waals surface area contributed by atoms with Crippen LogP contribution in [0.4, 0.5) is 10.5 Å². The lowest BCUT2D eigenvalue weighted by Gasteiger charge is -2.40. The average Bonchev–Trinajstić information content (AvgIpc) is 2.94. The first-order valence-electron chi connectivity index (χ1n) is 7.71. The highest BCUT2D eigenvalue weighted by atomic mass is 35.5. The summed E-state index contributed by atoms with van der Waals surface area (Å²) in [7, 11) is 0. The Balaban J connectivity index is 1.64. The number of hydrogen-bond acceptors (Lipinski definition) is 5. The Bertz CT molecular complexity index is 721. The molecule has 0 aliphatic carbocycles. The highest BCUT2D eigenvalue weighted by molar-refractivity contribution is 6.31. The monoisotopic (exact) mass is 349 g/mol. The Hall–Kier alpha value is -2.28. The topological polar surface area (TPSA) is 72.3 Å². The summed E-state index contributed by atoms with van der Waals surface area (Å²) < 4.78 is 7.03. The molecule has 1 amide bonds. The molecule has 0 unspecified atom stereocenters. The summed E-state index contributed by atoms with van der Waals surface area (Å²) in [6.45, 7) is 6.74. The molecule has 8 heteroatoms. The lowest BCUT2D eigenvalue weighted by molar-refractivity contribution is 0.0105. The number of anilines is 1. The van der Waals surface area contributed by atoms with E-state index < -0.39 is 5.60 Å². The van der Waals surface area contributed by atoms with E-state index in [2.05, 4.69) is 15.4 Å². The van der Waals surface area contributed by atoms with Crippen molar-refractivity contribution in [2.45, 2.75) is 32.4 Å². The number of nitrogens with one attached hydrogen (secondary N) is 1. The van der Waals surface area contributed by atoms with Crippen molar-refractivity contribution in [1.29, 1.82) is 0 Å². The second kappa shape index (κ2) is 6.32. The van der Waals surface area contributed by atoms with Gasteiger partial charge < -0.3 is 15.0 Å². The van der Waals surface area contributed by atoms with E-state index in [4.69, 9.17) is 16.3 Å². The van der Waals surface area contributed by atoms with Gasteiger partial charge in [-0.15, -0.1) is 0 Å². The first kappa shape index (κ1) is 16.6. The number of carbonyl (C=O) groups excluding carboxylic acids is 1. The molecule has 0 atom stereocenters. The molecule has 1 aliphatic rings. The third-order valence-corrected chi connectivity index (χ3v) is 3.75. The molecule has 1 fully saturated rings. The Kier molecular flexibility index (Phi) is 4.36. The minimum Gasteiger partial charge on any atom is -0.444 e. The minimum atomic E-state index is -0.483. The first-order chi connectivity index (χ1) is 11.3. The molecule has 2 aromatic rings. The van der Waals surface area contributed by atoms with Crippen LogP contribution in [-0.4, -0.2) is 50.5 Å². The lowest BCUT2D eigenvalue weighted by Crippen LogP contribution is -2.58. The number of amides is 1. The molecular formula is C16H20ClN5O2. The van der Waals surface area contributed by atoms with Gasteiger partial charge in [0.25, 0.3) is 0 Å². The van der Waals surface area contributed by atoms with Gasteiger partial charge in [-0.25, -0.2) is 14.5 Å². The number of rotatable bonds is 3. The maximum Gasteiger partial charge on any atom is 0.410 e. The summed E-state index contributed by atoms with van der Waals surface area (Å²) in [6.07, 6.45) is 2.82. The van der Waals surface area contributed by atoms with Crippen LogP contribution in [0.25, 0.3) is 5.69 Å². The molecule has 1 saturated heterocycles. The van der Waals surface area contributed by atoms with E-state index in [1.54, 1.807) is 22.0 Å². The minimum absolute atomic E-state index is 0.137. The highest BCUT2D eigenvalue weighted by Crippen LogP contribution is 2.26. The van der Waals surface area contributed by atoms with E-state index in [1.807, 2.05) is 32.9 Å². The number of ether oxygens (including phenoxy) is 1. The van der Waals surface area contributed by atoms with Crippen LogP contribution in [0.1, 0.15) is 20.8 Å². The van der Waals surface area contributed by atoms with Crippen LogP contribution < -0.4 is 5.32 Å². The first-order valence-corrected chi connectivity index (χ1v) is 8.08. The Morgan fingerprint density at radius 3 is 2.75 bits per heavy atom. The summed E-state index contributed by atoms with van der Waals surface area (Å²) in [4.78, 5) is 17.6. The van der Waals surface area contributed by atoms with Crippen molar-refractivity contribution < 1.29 is 9.53 Å². The van der Waals surface area contributed by atoms with Crippen molar-refractivity contribution in [1.82, 2.24) is 19.7 Å². The smallest absolute Gasteiger partial charge is 0.410 e. The maximum absolute atomic E-state index is 12.0. The van der Waals surface area contributed by atoms with Gasteiger partial charge in [-0.3, -0.25) is 0 Å². The van der Waals surface area contributed by atoms with Crippen LogP contribution in [0.5, 0.6) is 0 Å². The zero-order chi connectivity index (χ0) is 17.3. The van der Waals surface area contributed by atoms with Crippen LogP contribution in [-0.2, 0) is 4.74 Å². The van der Waals surface area contributed by atoms with E-state index in [-0.39, 0.29) is 12.1 Å². The summed E-state index contributed by atoms with van der Waals surface area (Å²) >= 11 is 6.10. The van der Waals surface area contributed by atoms with Crippen molar-refractivity contribution in [2.75, 3.05) is 18.4 Å². The van der Waals surface area contributed by atoms with Crippen LogP contribution in [0.3, 0.4) is 0 Å². The molecule has 1 aromatic heterocycles. The predicted octanol–water partition coefficient (Wildman–Crippen LogP) is 2.95. The van der Waals surface area contributed by atoms with Crippen molar-refractivity contribution in [3.8, 4) is 5.69 Å². The zero-order valence-electron chi connectivity index (χ0n) is 13.9. The van der Waals surface area contributed by atoms with Gasteiger partial charge in [-0.1, -0.05) is 11.6 Å². The third-order valence-electron chi connectivity index (χ3n) is 3.52. The summed E-state index contributed by atoms with van der Waals surface area (Å²) in [5.41, 5.74) is 1.22. The van der Waals surface area contributed by atoms with Crippen molar-refractivity contribution >= 4 is 23.4 Å². The fourth-order valence-electron chi connectivity index (χ4n) is 2.42. The number of likely N-dealkylation sites (tertiary alicyclic amines) is 1. The molecule has 7 nitrogen and oxygen atoms in total. The van der Waals surface area contributed by atoms with Gasteiger partial charge in [0.05, 0.1) is 17.4 Å². The van der Waals surface area contributed by atoms with Gasteiger partial charge >= 0.3 is 6.09 Å². The second-order valence-electron chi connectivity index (χ2n) is 6.73. The van der Waals surface area contributed by atoms with E-state index in [0.29, 0.717) is 18.1 Å². The fourth-order valence-corrected chi connectivity index (χ4v) is 2.59. The maximum atomic E-state index is 12.0. The summed E-state index contributed by atoms with van der Waals surface area (Å²) in [6, 6.07) is 5.66. The van der Waals surface area contributed by atoms with E-state index >= 15 is 0 Å². The van der Waals surface area contributed by atoms with Gasteiger partial charge in [-0.05, 0) is 39.0 Å². The fraction of sp³-hybridized carbons (Fsp3) is 0.438. The van der Waals surface area contributed by atoms with Crippen molar-refractivity contribution in [3.63, 3.8) is 0 Å². The normalized spacial score (nSPS) is 15.1. The largest absolute Gasteiger partial charge is 0.444 e. The van der Waals surface area contributed by atoms with Gasteiger partial charge in [0, 0.05) is 18.1 Å². The van der Waals surface area contributed by atoms with Gasteiger partial charge in [-0.2, -0.15) is 5.10 Å². The van der Waals surface area contributed by atoms with E-state index in [0.717, 1.165) is 11.4 Å². The van der Waals surface area contributed by atoms with Gasteiger partial charge in [0.1, 0.15) is 18.3 Å². The number of carbonyl (C=O) groups is 1. The highest BCUT2D eigenvalue weighted by Gasteiger charge is 2.34. The molecule has 3 rings (SSSR count). The van der Waals surface area contributed by atoms with E-state index in [1.165, 1.54) is 6.33 Å². The Morgan fingerprint density at radius 2 is 2.12 bits per heavy atom. The molecule has 1 aromatic carbocycles. The molecule has 0 radical (unpaired) electrons. The molecule has 2 heterocycles. The summed E-state index contributed by atoms with van der Waals surface area (Å²) in [5, 5.41) is 8.18. The SMILES string of the molecule is CC(C)(C)OC(=O)N1CC(Nc2cc(Cl)ccc2-n2cncn2)C1. The van der Waals surface area contributed by atoms with Crippen molar-refractivity contribution in [2.24, 2.45) is 0 Å². The van der Waals surface area contributed by atoms with Crippen LogP contribution in [0.15, 0.2) is 30.9 Å². The number of benzene rings is 1. The number of hydrogen-bond donors (Lipinski definition) is 1. The molecule has 128 valence electrons. The third kappa shape index (κ3) is 3.79. The molecule has 0 saturated carbocycles. The van der Waals surface area contributed by atoms with Gasteiger partial charge in [0.2, 0.25) is 0 Å². The quantitative estimate of drug-likeness (QED) is 0.922. The van der Waals surface area contributed by atoms with Crippen molar-refractivity contribution in [3.05, 3.63) is 35.9 Å². The summed E-state index contributed by atoms with van der Waals surface area (Å²) in [5.74, 6) is 0. The average molecular weight is 350 g/mol. The molecule has 1 aliphatic heterocycles. The van der Waals surface area contributed by atoms with Crippen LogP contribution >= 0.6 is 11.6 Å². The van der Waals surface area contributed by atoms with Crippen LogP contribution in [0, 0.1) is 0 Å².